The van der Waals surface area contributed by atoms with Crippen LogP contribution in [0, 0.1) is 0 Å². The molecule has 1 unspecified atom stereocenters. The molecular formula is C5H15N3O. The van der Waals surface area contributed by atoms with Gasteiger partial charge >= 0.3 is 0 Å². The Morgan fingerprint density at radius 1 is 1.67 bits per heavy atom. The molecule has 0 saturated carbocycles. The molecule has 0 spiro atoms. The molecule has 0 aromatic rings. The molecule has 0 radical (unpaired) electrons. The quantitative estimate of drug-likeness (QED) is 0.347. The number of nitrogens with one attached hydrogen (secondary N) is 1. The summed E-state index contributed by atoms with van der Waals surface area (Å²) in [5.74, 6) is 0. The maximum Gasteiger partial charge on any atom is 0.0797 e. The minimum atomic E-state index is -0.299. The first-order chi connectivity index (χ1) is 4.16. The molecule has 0 bridgehead atoms. The second kappa shape index (κ2) is 4.69. The van der Waals surface area contributed by atoms with Crippen LogP contribution >= 0.6 is 0 Å². The van der Waals surface area contributed by atoms with Crippen molar-refractivity contribution in [3.8, 4) is 0 Å². The number of nitrogens with zero attached hydrogens (tertiary/aromatic N) is 1. The summed E-state index contributed by atoms with van der Waals surface area (Å²) in [6.07, 6.45) is 0.455. The molecule has 0 aliphatic heterocycles. The largest absolute Gasteiger partial charge is 0.315 e. The Hall–Kier alpha value is -0.160. The fraction of sp³-hybridized carbons (Fsp3) is 1.00. The van der Waals surface area contributed by atoms with Gasteiger partial charge in [0, 0.05) is 6.54 Å². The Morgan fingerprint density at radius 3 is 2.56 bits per heavy atom. The molecule has 0 fully saturated rings. The fourth-order valence-corrected chi connectivity index (χ4v) is 0.462. The van der Waals surface area contributed by atoms with E-state index in [4.69, 9.17) is 10.9 Å². The normalized spacial score (nSPS) is 14.3. The van der Waals surface area contributed by atoms with Crippen LogP contribution in [0.3, 0.4) is 0 Å². The van der Waals surface area contributed by atoms with E-state index in [1.807, 2.05) is 24.5 Å². The van der Waals surface area contributed by atoms with Gasteiger partial charge in [-0.25, -0.2) is 0 Å². The van der Waals surface area contributed by atoms with Gasteiger partial charge in [-0.2, -0.15) is 5.48 Å². The Bertz CT molecular complexity index is 67.2. The molecule has 0 aromatic heterocycles. The maximum atomic E-state index is 8.25. The zero-order chi connectivity index (χ0) is 7.28. The Labute approximate surface area is 55.6 Å². The van der Waals surface area contributed by atoms with Crippen LogP contribution in [0.1, 0.15) is 6.42 Å². The van der Waals surface area contributed by atoms with Crippen LogP contribution in [-0.2, 0) is 0 Å². The number of rotatable bonds is 4. The van der Waals surface area contributed by atoms with Gasteiger partial charge in [0.15, 0.2) is 0 Å². The first-order valence-corrected chi connectivity index (χ1v) is 2.96. The lowest BCUT2D eigenvalue weighted by Gasteiger charge is -2.12. The van der Waals surface area contributed by atoms with E-state index in [0.717, 1.165) is 13.0 Å². The van der Waals surface area contributed by atoms with Gasteiger partial charge in [0.25, 0.3) is 0 Å². The number of nitrogens with two attached hydrogens (primary N) is 1. The van der Waals surface area contributed by atoms with E-state index in [1.165, 1.54) is 0 Å². The van der Waals surface area contributed by atoms with Gasteiger partial charge in [-0.15, -0.1) is 0 Å². The van der Waals surface area contributed by atoms with E-state index in [1.54, 1.807) is 0 Å². The van der Waals surface area contributed by atoms with Crippen molar-refractivity contribution >= 4 is 0 Å². The zero-order valence-corrected chi connectivity index (χ0v) is 5.96. The molecule has 0 rings (SSSR count). The Morgan fingerprint density at radius 2 is 2.22 bits per heavy atom. The predicted octanol–water partition coefficient (Wildman–Crippen LogP) is -0.798. The summed E-state index contributed by atoms with van der Waals surface area (Å²) in [4.78, 5) is 2.01. The summed E-state index contributed by atoms with van der Waals surface area (Å²) in [6.45, 7) is 0.884. The molecular weight excluding hydrogens is 118 g/mol. The molecule has 4 heteroatoms. The number of hydrogen-bond acceptors (Lipinski definition) is 4. The van der Waals surface area contributed by atoms with Gasteiger partial charge < -0.3 is 15.8 Å². The highest BCUT2D eigenvalue weighted by atomic mass is 16.5. The van der Waals surface area contributed by atoms with Crippen LogP contribution in [0.4, 0.5) is 0 Å². The average Bonchev–Trinajstić information content (AvgIpc) is 1.83. The number of hydrogen-bond donors (Lipinski definition) is 3. The van der Waals surface area contributed by atoms with Crippen LogP contribution in [-0.4, -0.2) is 36.9 Å². The van der Waals surface area contributed by atoms with Crippen molar-refractivity contribution in [1.29, 1.82) is 0 Å². The molecule has 0 aliphatic rings. The van der Waals surface area contributed by atoms with Gasteiger partial charge in [0.05, 0.1) is 6.17 Å². The summed E-state index contributed by atoms with van der Waals surface area (Å²) < 4.78 is 0. The second-order valence-corrected chi connectivity index (χ2v) is 2.33. The van der Waals surface area contributed by atoms with Gasteiger partial charge in [-0.05, 0) is 20.5 Å². The summed E-state index contributed by atoms with van der Waals surface area (Å²) in [5, 5.41) is 8.25. The molecule has 0 amide bonds. The number of hydroxylamine groups is 1. The van der Waals surface area contributed by atoms with Crippen LogP contribution in [0.5, 0.6) is 0 Å². The summed E-state index contributed by atoms with van der Waals surface area (Å²) in [7, 11) is 3.92. The van der Waals surface area contributed by atoms with Crippen molar-refractivity contribution in [2.45, 2.75) is 12.6 Å². The van der Waals surface area contributed by atoms with Gasteiger partial charge in [-0.1, -0.05) is 0 Å². The zero-order valence-electron chi connectivity index (χ0n) is 5.96. The lowest BCUT2D eigenvalue weighted by molar-refractivity contribution is 0.120. The molecule has 1 atom stereocenters. The van der Waals surface area contributed by atoms with Crippen molar-refractivity contribution in [3.05, 3.63) is 0 Å². The van der Waals surface area contributed by atoms with E-state index in [-0.39, 0.29) is 6.17 Å². The van der Waals surface area contributed by atoms with Crippen molar-refractivity contribution in [3.63, 3.8) is 0 Å². The predicted molar refractivity (Wildman–Crippen MR) is 36.1 cm³/mol. The molecule has 0 aromatic carbocycles. The molecule has 0 heterocycles. The summed E-state index contributed by atoms with van der Waals surface area (Å²) >= 11 is 0. The minimum Gasteiger partial charge on any atom is -0.315 e. The highest BCUT2D eigenvalue weighted by molar-refractivity contribution is 4.53. The molecule has 4 nitrogen and oxygen atoms in total. The van der Waals surface area contributed by atoms with Crippen LogP contribution in [0.2, 0.25) is 0 Å². The Kier molecular flexibility index (Phi) is 4.61. The van der Waals surface area contributed by atoms with E-state index in [9.17, 15) is 0 Å². The van der Waals surface area contributed by atoms with E-state index in [2.05, 4.69) is 0 Å². The molecule has 4 N–H and O–H groups in total. The van der Waals surface area contributed by atoms with E-state index >= 15 is 0 Å². The van der Waals surface area contributed by atoms with Crippen molar-refractivity contribution in [2.75, 3.05) is 20.6 Å². The van der Waals surface area contributed by atoms with Gasteiger partial charge in [-0.3, -0.25) is 0 Å². The molecule has 9 heavy (non-hydrogen) atoms. The monoisotopic (exact) mass is 133 g/mol. The van der Waals surface area contributed by atoms with Gasteiger partial charge in [0.1, 0.15) is 0 Å². The molecule has 0 aliphatic carbocycles. The molecule has 0 saturated heterocycles. The third kappa shape index (κ3) is 5.72. The third-order valence-corrected chi connectivity index (χ3v) is 1.05. The SMILES string of the molecule is CN(C)CCC(N)NO. The standard InChI is InChI=1S/C5H15N3O/c1-8(2)4-3-5(6)7-9/h5,7,9H,3-4,6H2,1-2H3. The first-order valence-electron chi connectivity index (χ1n) is 2.96. The van der Waals surface area contributed by atoms with Crippen LogP contribution < -0.4 is 11.2 Å². The van der Waals surface area contributed by atoms with E-state index in [0.29, 0.717) is 0 Å². The second-order valence-electron chi connectivity index (χ2n) is 2.33. The van der Waals surface area contributed by atoms with Crippen LogP contribution in [0.25, 0.3) is 0 Å². The third-order valence-electron chi connectivity index (χ3n) is 1.05. The maximum absolute atomic E-state index is 8.25. The van der Waals surface area contributed by atoms with Crippen molar-refractivity contribution in [2.24, 2.45) is 5.73 Å². The van der Waals surface area contributed by atoms with Gasteiger partial charge in [0.2, 0.25) is 0 Å². The smallest absolute Gasteiger partial charge is 0.0797 e. The first kappa shape index (κ1) is 8.84. The van der Waals surface area contributed by atoms with Crippen molar-refractivity contribution in [1.82, 2.24) is 10.4 Å². The Balaban J connectivity index is 3.06. The minimum absolute atomic E-state index is 0.299. The summed E-state index contributed by atoms with van der Waals surface area (Å²) in [6, 6.07) is 0. The van der Waals surface area contributed by atoms with Crippen LogP contribution in [0.15, 0.2) is 0 Å². The van der Waals surface area contributed by atoms with Crippen molar-refractivity contribution < 1.29 is 5.21 Å². The average molecular weight is 133 g/mol. The van der Waals surface area contributed by atoms with E-state index < -0.39 is 0 Å². The summed E-state index contributed by atoms with van der Waals surface area (Å²) in [5.41, 5.74) is 7.30. The highest BCUT2D eigenvalue weighted by Crippen LogP contribution is 1.83. The molecule has 56 valence electrons. The lowest BCUT2D eigenvalue weighted by atomic mass is 10.3. The highest BCUT2D eigenvalue weighted by Gasteiger charge is 1.98. The topological polar surface area (TPSA) is 61.5 Å². The lowest BCUT2D eigenvalue weighted by Crippen LogP contribution is -2.37. The fourth-order valence-electron chi connectivity index (χ4n) is 0.462.